The predicted molar refractivity (Wildman–Crippen MR) is 94.8 cm³/mol. The van der Waals surface area contributed by atoms with E-state index in [1.807, 2.05) is 31.4 Å². The Kier molecular flexibility index (Phi) is 4.81. The highest BCUT2D eigenvalue weighted by atomic mass is 32.1. The molecule has 0 saturated heterocycles. The molecule has 3 N–H and O–H groups in total. The van der Waals surface area contributed by atoms with Gasteiger partial charge in [0.05, 0.1) is 6.54 Å². The van der Waals surface area contributed by atoms with Crippen LogP contribution in [0.1, 0.15) is 16.1 Å². The van der Waals surface area contributed by atoms with Crippen LogP contribution in [0.25, 0.3) is 0 Å². The number of rotatable bonds is 5. The molecule has 2 amide bonds. The molecule has 0 unspecified atom stereocenters. The van der Waals surface area contributed by atoms with E-state index < -0.39 is 0 Å². The molecule has 0 aliphatic heterocycles. The molecule has 24 heavy (non-hydrogen) atoms. The smallest absolute Gasteiger partial charge is 0.319 e. The molecule has 2 aromatic heterocycles. The molecule has 3 rings (SSSR count). The molecule has 0 spiro atoms. The Bertz CT molecular complexity index is 823. The van der Waals surface area contributed by atoms with Gasteiger partial charge >= 0.3 is 6.03 Å². The molecule has 6 nitrogen and oxygen atoms in total. The maximum atomic E-state index is 11.9. The fourth-order valence-electron chi connectivity index (χ4n) is 2.09. The Morgan fingerprint density at radius 1 is 1.25 bits per heavy atom. The molecular weight excluding hydrogens is 324 g/mol. The zero-order valence-electron chi connectivity index (χ0n) is 13.4. The first kappa shape index (κ1) is 16.1. The molecule has 0 bridgehead atoms. The molecule has 3 aromatic rings. The van der Waals surface area contributed by atoms with E-state index in [0.717, 1.165) is 10.6 Å². The van der Waals surface area contributed by atoms with Crippen molar-refractivity contribution < 1.29 is 9.53 Å². The number of nitrogens with zero attached hydrogens (tertiary/aromatic N) is 1. The average Bonchev–Trinajstić information content (AvgIpc) is 3.15. The molecule has 0 saturated carbocycles. The van der Waals surface area contributed by atoms with Crippen molar-refractivity contribution in [3.05, 3.63) is 57.9 Å². The van der Waals surface area contributed by atoms with E-state index in [9.17, 15) is 4.79 Å². The van der Waals surface area contributed by atoms with Gasteiger partial charge in [0, 0.05) is 22.3 Å². The van der Waals surface area contributed by atoms with Gasteiger partial charge in [-0.15, -0.1) is 16.4 Å². The lowest BCUT2D eigenvalue weighted by Gasteiger charge is -2.08. The first-order chi connectivity index (χ1) is 11.6. The van der Waals surface area contributed by atoms with E-state index in [-0.39, 0.29) is 6.03 Å². The molecule has 0 radical (unpaired) electrons. The van der Waals surface area contributed by atoms with Crippen LogP contribution in [0.2, 0.25) is 0 Å². The Morgan fingerprint density at radius 3 is 2.67 bits per heavy atom. The third-order valence-corrected chi connectivity index (χ3v) is 4.42. The van der Waals surface area contributed by atoms with Gasteiger partial charge in [0.25, 0.3) is 0 Å². The van der Waals surface area contributed by atoms with Crippen LogP contribution in [-0.2, 0) is 6.54 Å². The normalized spacial score (nSPS) is 10.4. The number of hydrogen-bond donors (Lipinski definition) is 3. The van der Waals surface area contributed by atoms with E-state index in [2.05, 4.69) is 20.8 Å². The molecular formula is C17H18N4O2S. The fraction of sp³-hybridized carbons (Fsp3) is 0.176. The van der Waals surface area contributed by atoms with E-state index in [1.54, 1.807) is 35.6 Å². The maximum Gasteiger partial charge on any atom is 0.319 e. The molecule has 7 heteroatoms. The van der Waals surface area contributed by atoms with Crippen LogP contribution in [0, 0.1) is 13.8 Å². The lowest BCUT2D eigenvalue weighted by atomic mass is 10.3. The van der Waals surface area contributed by atoms with Crippen LogP contribution in [0.3, 0.4) is 0 Å². The van der Waals surface area contributed by atoms with Crippen molar-refractivity contribution in [2.24, 2.45) is 0 Å². The van der Waals surface area contributed by atoms with Crippen LogP contribution in [-0.4, -0.2) is 16.2 Å². The van der Waals surface area contributed by atoms with Gasteiger partial charge in [0.15, 0.2) is 0 Å². The molecule has 2 heterocycles. The predicted octanol–water partition coefficient (Wildman–Crippen LogP) is 4.20. The number of carbonyl (C=O) groups is 1. The molecule has 1 aromatic carbocycles. The van der Waals surface area contributed by atoms with Gasteiger partial charge in [-0.1, -0.05) is 0 Å². The standard InChI is InChI=1S/C17H18N4O2S/c1-11-7-8-24-15(11)10-18-17(22)19-13-3-5-14(6-4-13)23-16-9-12(2)20-21-16/h3-9H,10H2,1-2H3,(H,20,21)(H2,18,19,22). The van der Waals surface area contributed by atoms with Gasteiger partial charge in [0.2, 0.25) is 5.88 Å². The summed E-state index contributed by atoms with van der Waals surface area (Å²) in [6.45, 7) is 4.46. The number of thiophene rings is 1. The van der Waals surface area contributed by atoms with Gasteiger partial charge in [-0.2, -0.15) is 0 Å². The van der Waals surface area contributed by atoms with E-state index in [4.69, 9.17) is 4.74 Å². The monoisotopic (exact) mass is 342 g/mol. The van der Waals surface area contributed by atoms with Crippen LogP contribution in [0.5, 0.6) is 11.6 Å². The van der Waals surface area contributed by atoms with Gasteiger partial charge in [-0.05, 0) is 55.1 Å². The third-order valence-electron chi connectivity index (χ3n) is 3.39. The summed E-state index contributed by atoms with van der Waals surface area (Å²) in [5.41, 5.74) is 2.82. The first-order valence-corrected chi connectivity index (χ1v) is 8.36. The van der Waals surface area contributed by atoms with Crippen molar-refractivity contribution in [1.82, 2.24) is 15.5 Å². The number of amides is 2. The first-order valence-electron chi connectivity index (χ1n) is 7.48. The SMILES string of the molecule is Cc1cc(Oc2ccc(NC(=O)NCc3sccc3C)cc2)n[nH]1. The number of aryl methyl sites for hydroxylation is 2. The Balaban J connectivity index is 1.52. The van der Waals surface area contributed by atoms with Crippen LogP contribution >= 0.6 is 11.3 Å². The van der Waals surface area contributed by atoms with Crippen molar-refractivity contribution in [2.75, 3.05) is 5.32 Å². The lowest BCUT2D eigenvalue weighted by molar-refractivity contribution is 0.252. The minimum Gasteiger partial charge on any atom is -0.438 e. The summed E-state index contributed by atoms with van der Waals surface area (Å²) >= 11 is 1.63. The molecule has 0 atom stereocenters. The molecule has 0 fully saturated rings. The number of nitrogens with one attached hydrogen (secondary N) is 3. The van der Waals surface area contributed by atoms with Crippen LogP contribution in [0.4, 0.5) is 10.5 Å². The number of aromatic amines is 1. The highest BCUT2D eigenvalue weighted by Crippen LogP contribution is 2.21. The summed E-state index contributed by atoms with van der Waals surface area (Å²) in [6.07, 6.45) is 0. The number of anilines is 1. The van der Waals surface area contributed by atoms with E-state index in [1.165, 1.54) is 5.56 Å². The highest BCUT2D eigenvalue weighted by molar-refractivity contribution is 7.10. The fourth-order valence-corrected chi connectivity index (χ4v) is 2.94. The number of benzene rings is 1. The number of aromatic nitrogens is 2. The van der Waals surface area contributed by atoms with Crippen molar-refractivity contribution >= 4 is 23.1 Å². The summed E-state index contributed by atoms with van der Waals surface area (Å²) in [4.78, 5) is 13.1. The minimum atomic E-state index is -0.237. The van der Waals surface area contributed by atoms with Gasteiger partial charge < -0.3 is 15.4 Å². The molecule has 124 valence electrons. The number of ether oxygens (including phenoxy) is 1. The summed E-state index contributed by atoms with van der Waals surface area (Å²) in [5.74, 6) is 1.17. The Labute approximate surface area is 143 Å². The number of hydrogen-bond acceptors (Lipinski definition) is 4. The maximum absolute atomic E-state index is 11.9. The van der Waals surface area contributed by atoms with Crippen molar-refractivity contribution in [2.45, 2.75) is 20.4 Å². The van der Waals surface area contributed by atoms with Crippen LogP contribution in [0.15, 0.2) is 41.8 Å². The number of urea groups is 1. The average molecular weight is 342 g/mol. The van der Waals surface area contributed by atoms with E-state index in [0.29, 0.717) is 23.9 Å². The molecule has 0 aliphatic rings. The summed E-state index contributed by atoms with van der Waals surface area (Å²) in [5, 5.41) is 14.5. The number of H-pyrrole nitrogens is 1. The van der Waals surface area contributed by atoms with E-state index >= 15 is 0 Å². The van der Waals surface area contributed by atoms with Crippen molar-refractivity contribution in [1.29, 1.82) is 0 Å². The van der Waals surface area contributed by atoms with Gasteiger partial charge in [-0.25, -0.2) is 4.79 Å². The summed E-state index contributed by atoms with van der Waals surface area (Å²) in [7, 11) is 0. The summed E-state index contributed by atoms with van der Waals surface area (Å²) < 4.78 is 5.60. The number of carbonyl (C=O) groups excluding carboxylic acids is 1. The second kappa shape index (κ2) is 7.18. The minimum absolute atomic E-state index is 0.237. The Morgan fingerprint density at radius 2 is 2.04 bits per heavy atom. The summed E-state index contributed by atoms with van der Waals surface area (Å²) in [6, 6.07) is 10.7. The molecule has 0 aliphatic carbocycles. The van der Waals surface area contributed by atoms with Crippen molar-refractivity contribution in [3.63, 3.8) is 0 Å². The zero-order valence-corrected chi connectivity index (χ0v) is 14.2. The zero-order chi connectivity index (χ0) is 16.9. The lowest BCUT2D eigenvalue weighted by Crippen LogP contribution is -2.28. The third kappa shape index (κ3) is 4.14. The Hall–Kier alpha value is -2.80. The van der Waals surface area contributed by atoms with Crippen molar-refractivity contribution in [3.8, 4) is 11.6 Å². The van der Waals surface area contributed by atoms with Gasteiger partial charge in [-0.3, -0.25) is 5.10 Å². The van der Waals surface area contributed by atoms with Crippen LogP contribution < -0.4 is 15.4 Å². The largest absolute Gasteiger partial charge is 0.438 e. The second-order valence-electron chi connectivity index (χ2n) is 5.35. The topological polar surface area (TPSA) is 79.0 Å². The second-order valence-corrected chi connectivity index (χ2v) is 6.35. The van der Waals surface area contributed by atoms with Gasteiger partial charge in [0.1, 0.15) is 5.75 Å². The highest BCUT2D eigenvalue weighted by Gasteiger charge is 2.05. The quantitative estimate of drug-likeness (QED) is 0.650.